The molecule has 0 aliphatic carbocycles. The number of hydrogen-bond acceptors (Lipinski definition) is 2. The van der Waals surface area contributed by atoms with Crippen molar-refractivity contribution in [3.63, 3.8) is 0 Å². The van der Waals surface area contributed by atoms with E-state index in [9.17, 15) is 0 Å². The molecule has 0 spiro atoms. The van der Waals surface area contributed by atoms with Crippen molar-refractivity contribution in [2.45, 2.75) is 25.8 Å². The van der Waals surface area contributed by atoms with Gasteiger partial charge in [-0.25, -0.2) is 0 Å². The van der Waals surface area contributed by atoms with Crippen molar-refractivity contribution < 1.29 is 5.11 Å². The molecule has 0 amide bonds. The minimum absolute atomic E-state index is 0.240. The number of benzene rings is 1. The standard InChI is InChI=1S/C12H18ClNO/c1-2-12(14-8-3-9-15)10-4-6-11(13)7-5-10/h4-7,12,14-15H,2-3,8-9H2,1H3/t12-/m1/s1. The summed E-state index contributed by atoms with van der Waals surface area (Å²) in [4.78, 5) is 0. The van der Waals surface area contributed by atoms with E-state index in [1.807, 2.05) is 24.3 Å². The lowest BCUT2D eigenvalue weighted by molar-refractivity contribution is 0.283. The molecule has 0 radical (unpaired) electrons. The van der Waals surface area contributed by atoms with E-state index in [1.54, 1.807) is 0 Å². The second-order valence-corrected chi connectivity index (χ2v) is 3.98. The van der Waals surface area contributed by atoms with Gasteiger partial charge in [-0.2, -0.15) is 0 Å². The third-order valence-corrected chi connectivity index (χ3v) is 2.66. The van der Waals surface area contributed by atoms with E-state index in [0.29, 0.717) is 6.04 Å². The molecule has 0 heterocycles. The van der Waals surface area contributed by atoms with Crippen LogP contribution >= 0.6 is 11.6 Å². The van der Waals surface area contributed by atoms with Gasteiger partial charge in [-0.15, -0.1) is 0 Å². The second kappa shape index (κ2) is 6.83. The normalized spacial score (nSPS) is 12.7. The van der Waals surface area contributed by atoms with Gasteiger partial charge in [-0.3, -0.25) is 0 Å². The molecule has 0 unspecified atom stereocenters. The van der Waals surface area contributed by atoms with Crippen LogP contribution in [0.3, 0.4) is 0 Å². The molecule has 1 rings (SSSR count). The van der Waals surface area contributed by atoms with E-state index in [4.69, 9.17) is 16.7 Å². The summed E-state index contributed by atoms with van der Waals surface area (Å²) in [5.74, 6) is 0. The van der Waals surface area contributed by atoms with Crippen molar-refractivity contribution in [1.29, 1.82) is 0 Å². The van der Waals surface area contributed by atoms with Crippen LogP contribution in [-0.4, -0.2) is 18.3 Å². The maximum atomic E-state index is 8.70. The zero-order valence-electron chi connectivity index (χ0n) is 9.04. The highest BCUT2D eigenvalue weighted by molar-refractivity contribution is 6.30. The van der Waals surface area contributed by atoms with E-state index in [2.05, 4.69) is 12.2 Å². The minimum Gasteiger partial charge on any atom is -0.396 e. The summed E-state index contributed by atoms with van der Waals surface area (Å²) in [6, 6.07) is 8.26. The van der Waals surface area contributed by atoms with E-state index >= 15 is 0 Å². The summed E-state index contributed by atoms with van der Waals surface area (Å²) < 4.78 is 0. The summed E-state index contributed by atoms with van der Waals surface area (Å²) in [7, 11) is 0. The van der Waals surface area contributed by atoms with Crippen LogP contribution in [0.2, 0.25) is 5.02 Å². The number of rotatable bonds is 6. The predicted molar refractivity (Wildman–Crippen MR) is 64.2 cm³/mol. The maximum absolute atomic E-state index is 8.70. The van der Waals surface area contributed by atoms with Crippen molar-refractivity contribution in [2.75, 3.05) is 13.2 Å². The number of halogens is 1. The van der Waals surface area contributed by atoms with Crippen molar-refractivity contribution >= 4 is 11.6 Å². The average molecular weight is 228 g/mol. The van der Waals surface area contributed by atoms with Crippen LogP contribution < -0.4 is 5.32 Å². The number of aliphatic hydroxyl groups excluding tert-OH is 1. The van der Waals surface area contributed by atoms with Gasteiger partial charge in [0.05, 0.1) is 0 Å². The first-order valence-corrected chi connectivity index (χ1v) is 5.75. The fourth-order valence-corrected chi connectivity index (χ4v) is 1.67. The predicted octanol–water partition coefficient (Wildman–Crippen LogP) is 2.76. The van der Waals surface area contributed by atoms with Crippen LogP contribution in [0, 0.1) is 0 Å². The van der Waals surface area contributed by atoms with Gasteiger partial charge in [-0.1, -0.05) is 30.7 Å². The van der Waals surface area contributed by atoms with Crippen LogP contribution in [0.4, 0.5) is 0 Å². The fourth-order valence-electron chi connectivity index (χ4n) is 1.55. The molecule has 0 aliphatic heterocycles. The van der Waals surface area contributed by atoms with E-state index < -0.39 is 0 Å². The first-order valence-electron chi connectivity index (χ1n) is 5.37. The summed E-state index contributed by atoms with van der Waals surface area (Å²) in [5, 5.41) is 12.9. The molecule has 0 aromatic heterocycles. The van der Waals surface area contributed by atoms with Crippen LogP contribution in [0.1, 0.15) is 31.4 Å². The average Bonchev–Trinajstić information content (AvgIpc) is 2.26. The fraction of sp³-hybridized carbons (Fsp3) is 0.500. The summed E-state index contributed by atoms with van der Waals surface area (Å²) in [5.41, 5.74) is 1.25. The molecule has 0 bridgehead atoms. The molecule has 1 atom stereocenters. The first-order chi connectivity index (χ1) is 7.27. The quantitative estimate of drug-likeness (QED) is 0.733. The molecule has 84 valence electrons. The largest absolute Gasteiger partial charge is 0.396 e. The Morgan fingerprint density at radius 1 is 1.33 bits per heavy atom. The SMILES string of the molecule is CC[C@@H](NCCCO)c1ccc(Cl)cc1. The number of aliphatic hydroxyl groups is 1. The maximum Gasteiger partial charge on any atom is 0.0443 e. The van der Waals surface area contributed by atoms with Gasteiger partial charge in [-0.05, 0) is 37.1 Å². The second-order valence-electron chi connectivity index (χ2n) is 3.54. The van der Waals surface area contributed by atoms with Crippen LogP contribution in [0.25, 0.3) is 0 Å². The Morgan fingerprint density at radius 3 is 2.53 bits per heavy atom. The van der Waals surface area contributed by atoms with Gasteiger partial charge >= 0.3 is 0 Å². The first kappa shape index (κ1) is 12.5. The van der Waals surface area contributed by atoms with Gasteiger partial charge in [0.25, 0.3) is 0 Å². The Balaban J connectivity index is 2.53. The Kier molecular flexibility index (Phi) is 5.69. The highest BCUT2D eigenvalue weighted by Gasteiger charge is 2.07. The summed E-state index contributed by atoms with van der Waals surface area (Å²) in [6.45, 7) is 3.23. The van der Waals surface area contributed by atoms with Gasteiger partial charge < -0.3 is 10.4 Å². The lowest BCUT2D eigenvalue weighted by atomic mass is 10.0. The molecule has 15 heavy (non-hydrogen) atoms. The van der Waals surface area contributed by atoms with E-state index in [0.717, 1.165) is 24.4 Å². The van der Waals surface area contributed by atoms with Gasteiger partial charge in [0.1, 0.15) is 0 Å². The molecule has 0 saturated heterocycles. The molecule has 0 fully saturated rings. The lowest BCUT2D eigenvalue weighted by Crippen LogP contribution is -2.22. The molecule has 2 N–H and O–H groups in total. The highest BCUT2D eigenvalue weighted by Crippen LogP contribution is 2.18. The Bertz CT molecular complexity index is 273. The monoisotopic (exact) mass is 227 g/mol. The van der Waals surface area contributed by atoms with Crippen LogP contribution in [-0.2, 0) is 0 Å². The zero-order valence-corrected chi connectivity index (χ0v) is 9.80. The molecule has 1 aromatic rings. The lowest BCUT2D eigenvalue weighted by Gasteiger charge is -2.17. The zero-order chi connectivity index (χ0) is 11.1. The Labute approximate surface area is 96.3 Å². The smallest absolute Gasteiger partial charge is 0.0443 e. The third kappa shape index (κ3) is 4.20. The van der Waals surface area contributed by atoms with Crippen molar-refractivity contribution in [1.82, 2.24) is 5.32 Å². The van der Waals surface area contributed by atoms with Gasteiger partial charge in [0.15, 0.2) is 0 Å². The molecule has 3 heteroatoms. The van der Waals surface area contributed by atoms with E-state index in [1.165, 1.54) is 5.56 Å². The van der Waals surface area contributed by atoms with Crippen LogP contribution in [0.5, 0.6) is 0 Å². The van der Waals surface area contributed by atoms with Crippen LogP contribution in [0.15, 0.2) is 24.3 Å². The molecule has 2 nitrogen and oxygen atoms in total. The van der Waals surface area contributed by atoms with Crippen molar-refractivity contribution in [2.24, 2.45) is 0 Å². The highest BCUT2D eigenvalue weighted by atomic mass is 35.5. The molecule has 1 aromatic carbocycles. The van der Waals surface area contributed by atoms with Gasteiger partial charge in [0.2, 0.25) is 0 Å². The number of nitrogens with one attached hydrogen (secondary N) is 1. The molecular formula is C12H18ClNO. The summed E-state index contributed by atoms with van der Waals surface area (Å²) >= 11 is 5.83. The van der Waals surface area contributed by atoms with Gasteiger partial charge in [0, 0.05) is 17.7 Å². The molecular weight excluding hydrogens is 210 g/mol. The number of hydrogen-bond donors (Lipinski definition) is 2. The van der Waals surface area contributed by atoms with E-state index in [-0.39, 0.29) is 6.61 Å². The summed E-state index contributed by atoms with van der Waals surface area (Å²) in [6.07, 6.45) is 1.83. The topological polar surface area (TPSA) is 32.3 Å². The van der Waals surface area contributed by atoms with Crippen molar-refractivity contribution in [3.8, 4) is 0 Å². The third-order valence-electron chi connectivity index (χ3n) is 2.41. The van der Waals surface area contributed by atoms with Crippen molar-refractivity contribution in [3.05, 3.63) is 34.9 Å². The Hall–Kier alpha value is -0.570. The molecule has 0 aliphatic rings. The molecule has 0 saturated carbocycles. The Morgan fingerprint density at radius 2 is 2.00 bits per heavy atom. The minimum atomic E-state index is 0.240.